The molecule has 0 fully saturated rings. The summed E-state index contributed by atoms with van der Waals surface area (Å²) >= 11 is 0. The topological polar surface area (TPSA) is 194 Å². The zero-order valence-corrected chi connectivity index (χ0v) is 16.7. The van der Waals surface area contributed by atoms with Gasteiger partial charge in [-0.3, -0.25) is 24.0 Å². The summed E-state index contributed by atoms with van der Waals surface area (Å²) in [7, 11) is 0. The van der Waals surface area contributed by atoms with Gasteiger partial charge in [-0.05, 0) is 11.8 Å². The van der Waals surface area contributed by atoms with Crippen molar-refractivity contribution >= 4 is 29.6 Å². The van der Waals surface area contributed by atoms with Gasteiger partial charge >= 0.3 is 5.97 Å². The highest BCUT2D eigenvalue weighted by Crippen LogP contribution is 2.08. The number of carboxylic acid groups (broad SMARTS) is 1. The largest absolute Gasteiger partial charge is 0.480 e. The van der Waals surface area contributed by atoms with Crippen LogP contribution < -0.4 is 27.4 Å². The maximum absolute atomic E-state index is 12.6. The molecule has 0 bridgehead atoms. The van der Waals surface area contributed by atoms with Gasteiger partial charge in [0, 0.05) is 0 Å². The fourth-order valence-corrected chi connectivity index (χ4v) is 2.25. The second kappa shape index (κ2) is 11.9. The zero-order valence-electron chi connectivity index (χ0n) is 16.7. The molecule has 4 atom stereocenters. The van der Waals surface area contributed by atoms with Crippen LogP contribution in [0.2, 0.25) is 0 Å². The number of nitrogens with two attached hydrogens (primary N) is 2. The van der Waals surface area contributed by atoms with Crippen molar-refractivity contribution in [3.8, 4) is 0 Å². The second-order valence-electron chi connectivity index (χ2n) is 6.98. The van der Waals surface area contributed by atoms with E-state index in [0.29, 0.717) is 6.42 Å². The summed E-state index contributed by atoms with van der Waals surface area (Å²) in [6.07, 6.45) is 0.153. The first-order valence-corrected chi connectivity index (χ1v) is 9.04. The van der Waals surface area contributed by atoms with Crippen LogP contribution in [0, 0.1) is 11.8 Å². The molecule has 0 aliphatic carbocycles. The minimum Gasteiger partial charge on any atom is -0.480 e. The van der Waals surface area contributed by atoms with E-state index < -0.39 is 60.7 Å². The Balaban J connectivity index is 5.23. The van der Waals surface area contributed by atoms with Crippen molar-refractivity contribution in [2.75, 3.05) is 6.54 Å². The van der Waals surface area contributed by atoms with Gasteiger partial charge in [-0.2, -0.15) is 0 Å². The Kier molecular flexibility index (Phi) is 10.8. The maximum Gasteiger partial charge on any atom is 0.322 e. The van der Waals surface area contributed by atoms with Gasteiger partial charge in [0.2, 0.25) is 23.6 Å². The molecule has 11 heteroatoms. The van der Waals surface area contributed by atoms with Crippen LogP contribution in [-0.4, -0.2) is 59.4 Å². The van der Waals surface area contributed by atoms with Crippen LogP contribution in [0.5, 0.6) is 0 Å². The number of carboxylic acids is 1. The molecule has 0 spiro atoms. The van der Waals surface area contributed by atoms with Crippen LogP contribution in [0.3, 0.4) is 0 Å². The normalized spacial score (nSPS) is 15.1. The van der Waals surface area contributed by atoms with Gasteiger partial charge < -0.3 is 32.5 Å². The molecule has 0 rings (SSSR count). The number of carbonyl (C=O) groups excluding carboxylic acids is 4. The molecule has 28 heavy (non-hydrogen) atoms. The standard InChI is InChI=1S/C17H31N5O6/c1-5-9(4)13(19)16(27)22-14(8(2)3)17(28)21-10(6-11(18)23)15(26)20-7-12(24)25/h8-10,13-14H,5-7,19H2,1-4H3,(H2,18,23)(H,20,26)(H,21,28)(H,22,27)(H,24,25). The van der Waals surface area contributed by atoms with E-state index in [9.17, 15) is 24.0 Å². The van der Waals surface area contributed by atoms with Gasteiger partial charge in [-0.1, -0.05) is 34.1 Å². The molecular formula is C17H31N5O6. The fraction of sp³-hybridized carbons (Fsp3) is 0.706. The second-order valence-corrected chi connectivity index (χ2v) is 6.98. The number of amides is 4. The summed E-state index contributed by atoms with van der Waals surface area (Å²) in [6.45, 7) is 6.39. The molecule has 0 saturated carbocycles. The number of hydrogen-bond donors (Lipinski definition) is 6. The predicted molar refractivity (Wildman–Crippen MR) is 101 cm³/mol. The quantitative estimate of drug-likeness (QED) is 0.219. The SMILES string of the molecule is CCC(C)C(N)C(=O)NC(C(=O)NC(CC(N)=O)C(=O)NCC(=O)O)C(C)C. The van der Waals surface area contributed by atoms with Crippen molar-refractivity contribution < 1.29 is 29.1 Å². The van der Waals surface area contributed by atoms with E-state index in [-0.39, 0.29) is 11.8 Å². The molecule has 0 aromatic heterocycles. The Morgan fingerprint density at radius 2 is 1.54 bits per heavy atom. The van der Waals surface area contributed by atoms with Gasteiger partial charge in [0.25, 0.3) is 0 Å². The van der Waals surface area contributed by atoms with Gasteiger partial charge in [0.05, 0.1) is 12.5 Å². The van der Waals surface area contributed by atoms with Crippen LogP contribution in [-0.2, 0) is 24.0 Å². The van der Waals surface area contributed by atoms with Gasteiger partial charge in [-0.25, -0.2) is 0 Å². The molecule has 0 aromatic carbocycles. The Morgan fingerprint density at radius 3 is 1.96 bits per heavy atom. The molecular weight excluding hydrogens is 370 g/mol. The molecule has 0 aromatic rings. The van der Waals surface area contributed by atoms with E-state index in [4.69, 9.17) is 16.6 Å². The number of aliphatic carboxylic acids is 1. The van der Waals surface area contributed by atoms with Crippen LogP contribution in [0.4, 0.5) is 0 Å². The summed E-state index contributed by atoms with van der Waals surface area (Å²) in [6, 6.07) is -3.18. The highest BCUT2D eigenvalue weighted by Gasteiger charge is 2.31. The predicted octanol–water partition coefficient (Wildman–Crippen LogP) is -1.94. The molecule has 160 valence electrons. The minimum absolute atomic E-state index is 0.0970. The molecule has 0 saturated heterocycles. The third-order valence-corrected chi connectivity index (χ3v) is 4.26. The fourth-order valence-electron chi connectivity index (χ4n) is 2.25. The van der Waals surface area contributed by atoms with E-state index in [1.54, 1.807) is 13.8 Å². The lowest BCUT2D eigenvalue weighted by Crippen LogP contribution is -2.58. The Morgan fingerprint density at radius 1 is 0.964 bits per heavy atom. The Labute approximate surface area is 164 Å². The molecule has 0 heterocycles. The summed E-state index contributed by atoms with van der Waals surface area (Å²) in [4.78, 5) is 58.8. The maximum atomic E-state index is 12.6. The number of primary amides is 1. The molecule has 0 radical (unpaired) electrons. The van der Waals surface area contributed by atoms with Crippen molar-refractivity contribution in [1.29, 1.82) is 0 Å². The van der Waals surface area contributed by atoms with E-state index >= 15 is 0 Å². The molecule has 0 aliphatic heterocycles. The lowest BCUT2D eigenvalue weighted by molar-refractivity contribution is -0.139. The lowest BCUT2D eigenvalue weighted by Gasteiger charge is -2.27. The van der Waals surface area contributed by atoms with E-state index in [2.05, 4.69) is 16.0 Å². The van der Waals surface area contributed by atoms with E-state index in [0.717, 1.165) is 0 Å². The molecule has 4 unspecified atom stereocenters. The van der Waals surface area contributed by atoms with Crippen LogP contribution in [0.15, 0.2) is 0 Å². The van der Waals surface area contributed by atoms with Crippen LogP contribution >= 0.6 is 0 Å². The van der Waals surface area contributed by atoms with Crippen molar-refractivity contribution in [1.82, 2.24) is 16.0 Å². The number of carbonyl (C=O) groups is 5. The van der Waals surface area contributed by atoms with Gasteiger partial charge in [0.15, 0.2) is 0 Å². The number of hydrogen-bond acceptors (Lipinski definition) is 6. The third kappa shape index (κ3) is 8.80. The number of rotatable bonds is 12. The van der Waals surface area contributed by atoms with Gasteiger partial charge in [0.1, 0.15) is 18.6 Å². The highest BCUT2D eigenvalue weighted by atomic mass is 16.4. The highest BCUT2D eigenvalue weighted by molar-refractivity contribution is 5.95. The van der Waals surface area contributed by atoms with Gasteiger partial charge in [-0.15, -0.1) is 0 Å². The first-order chi connectivity index (χ1) is 12.9. The molecule has 4 amide bonds. The monoisotopic (exact) mass is 401 g/mol. The lowest BCUT2D eigenvalue weighted by atomic mass is 9.97. The van der Waals surface area contributed by atoms with E-state index in [1.807, 2.05) is 13.8 Å². The summed E-state index contributed by atoms with van der Waals surface area (Å²) in [5.41, 5.74) is 11.0. The van der Waals surface area contributed by atoms with Crippen LogP contribution in [0.1, 0.15) is 40.5 Å². The summed E-state index contributed by atoms with van der Waals surface area (Å²) in [5, 5.41) is 15.6. The van der Waals surface area contributed by atoms with Crippen molar-refractivity contribution in [3.63, 3.8) is 0 Å². The zero-order chi connectivity index (χ0) is 22.0. The average Bonchev–Trinajstić information content (AvgIpc) is 2.60. The first kappa shape index (κ1) is 25.3. The average molecular weight is 401 g/mol. The van der Waals surface area contributed by atoms with Crippen LogP contribution in [0.25, 0.3) is 0 Å². The summed E-state index contributed by atoms with van der Waals surface area (Å²) in [5.74, 6) is -4.69. The van der Waals surface area contributed by atoms with Crippen molar-refractivity contribution in [2.45, 2.75) is 58.7 Å². The number of nitrogens with one attached hydrogen (secondary N) is 3. The molecule has 11 nitrogen and oxygen atoms in total. The Hall–Kier alpha value is -2.69. The third-order valence-electron chi connectivity index (χ3n) is 4.26. The van der Waals surface area contributed by atoms with Crippen molar-refractivity contribution in [2.24, 2.45) is 23.3 Å². The first-order valence-electron chi connectivity index (χ1n) is 9.04. The van der Waals surface area contributed by atoms with Crippen molar-refractivity contribution in [3.05, 3.63) is 0 Å². The Bertz CT molecular complexity index is 595. The molecule has 0 aliphatic rings. The van der Waals surface area contributed by atoms with E-state index in [1.165, 1.54) is 0 Å². The summed E-state index contributed by atoms with van der Waals surface area (Å²) < 4.78 is 0. The minimum atomic E-state index is -1.37. The molecule has 8 N–H and O–H groups in total. The smallest absolute Gasteiger partial charge is 0.322 e.